The first-order valence-corrected chi connectivity index (χ1v) is 7.17. The summed E-state index contributed by atoms with van der Waals surface area (Å²) in [5, 5.41) is 7.77. The van der Waals surface area contributed by atoms with E-state index in [0.29, 0.717) is 5.92 Å². The van der Waals surface area contributed by atoms with Crippen LogP contribution in [0.4, 0.5) is 0 Å². The van der Waals surface area contributed by atoms with Crippen LogP contribution in [0.3, 0.4) is 0 Å². The Balaban J connectivity index is 2.22. The molecule has 0 saturated heterocycles. The summed E-state index contributed by atoms with van der Waals surface area (Å²) in [5.41, 5.74) is 1.28. The van der Waals surface area contributed by atoms with Gasteiger partial charge in [-0.15, -0.1) is 0 Å². The molecule has 1 aromatic heterocycles. The van der Waals surface area contributed by atoms with Crippen LogP contribution in [0.25, 0.3) is 0 Å². The Hall–Kier alpha value is -0.480. The van der Waals surface area contributed by atoms with E-state index in [4.69, 9.17) is 0 Å². The fourth-order valence-electron chi connectivity index (χ4n) is 1.43. The fraction of sp³-hybridized carbons (Fsp3) is 0.750. The van der Waals surface area contributed by atoms with Crippen LogP contribution < -0.4 is 5.32 Å². The van der Waals surface area contributed by atoms with E-state index in [-0.39, 0.29) is 0 Å². The van der Waals surface area contributed by atoms with Crippen molar-refractivity contribution in [2.45, 2.75) is 33.9 Å². The highest BCUT2D eigenvalue weighted by molar-refractivity contribution is 7.99. The van der Waals surface area contributed by atoms with Gasteiger partial charge in [0.25, 0.3) is 0 Å². The zero-order valence-electron chi connectivity index (χ0n) is 10.6. The number of thioether (sulfide) groups is 1. The molecule has 0 unspecified atom stereocenters. The molecule has 0 radical (unpaired) electrons. The Morgan fingerprint density at radius 2 is 2.31 bits per heavy atom. The molecule has 3 nitrogen and oxygen atoms in total. The van der Waals surface area contributed by atoms with Crippen molar-refractivity contribution in [3.05, 3.63) is 18.0 Å². The monoisotopic (exact) mass is 241 g/mol. The normalized spacial score (nSPS) is 11.2. The smallest absolute Gasteiger partial charge is 0.0534 e. The van der Waals surface area contributed by atoms with Gasteiger partial charge in [-0.1, -0.05) is 20.8 Å². The van der Waals surface area contributed by atoms with E-state index in [0.717, 1.165) is 25.4 Å². The predicted molar refractivity (Wildman–Crippen MR) is 71.8 cm³/mol. The van der Waals surface area contributed by atoms with E-state index in [2.05, 4.69) is 37.4 Å². The minimum Gasteiger partial charge on any atom is -0.312 e. The lowest BCUT2D eigenvalue weighted by molar-refractivity contribution is 0.552. The van der Waals surface area contributed by atoms with Crippen LogP contribution in [0.2, 0.25) is 0 Å². The van der Waals surface area contributed by atoms with Crippen LogP contribution in [0.15, 0.2) is 12.4 Å². The molecule has 1 N–H and O–H groups in total. The SMILES string of the molecule is CCSCCn1cc(CNCC(C)C)cn1. The molecule has 0 aliphatic carbocycles. The molecule has 0 amide bonds. The van der Waals surface area contributed by atoms with Gasteiger partial charge < -0.3 is 5.32 Å². The lowest BCUT2D eigenvalue weighted by Gasteiger charge is -2.05. The Bertz CT molecular complexity index is 284. The van der Waals surface area contributed by atoms with Gasteiger partial charge in [-0.2, -0.15) is 16.9 Å². The summed E-state index contributed by atoms with van der Waals surface area (Å²) in [6, 6.07) is 0. The van der Waals surface area contributed by atoms with Gasteiger partial charge in [-0.3, -0.25) is 4.68 Å². The average molecular weight is 241 g/mol. The minimum absolute atomic E-state index is 0.705. The molecule has 0 aromatic carbocycles. The van der Waals surface area contributed by atoms with E-state index in [9.17, 15) is 0 Å². The quantitative estimate of drug-likeness (QED) is 0.709. The van der Waals surface area contributed by atoms with Crippen molar-refractivity contribution < 1.29 is 0 Å². The summed E-state index contributed by atoms with van der Waals surface area (Å²) in [6.07, 6.45) is 4.10. The zero-order chi connectivity index (χ0) is 11.8. The van der Waals surface area contributed by atoms with Crippen LogP contribution in [0.5, 0.6) is 0 Å². The molecule has 16 heavy (non-hydrogen) atoms. The van der Waals surface area contributed by atoms with Gasteiger partial charge in [-0.25, -0.2) is 0 Å². The first-order valence-electron chi connectivity index (χ1n) is 6.02. The maximum absolute atomic E-state index is 4.35. The van der Waals surface area contributed by atoms with Crippen molar-refractivity contribution in [1.82, 2.24) is 15.1 Å². The number of nitrogens with one attached hydrogen (secondary N) is 1. The first kappa shape index (κ1) is 13.6. The molecule has 1 heterocycles. The zero-order valence-corrected chi connectivity index (χ0v) is 11.4. The number of aromatic nitrogens is 2. The number of rotatable bonds is 8. The van der Waals surface area contributed by atoms with E-state index in [1.807, 2.05) is 22.6 Å². The van der Waals surface area contributed by atoms with Gasteiger partial charge in [-0.05, 0) is 18.2 Å². The Morgan fingerprint density at radius 3 is 3.00 bits per heavy atom. The van der Waals surface area contributed by atoms with Crippen molar-refractivity contribution >= 4 is 11.8 Å². The summed E-state index contributed by atoms with van der Waals surface area (Å²) in [7, 11) is 0. The van der Waals surface area contributed by atoms with Crippen LogP contribution in [-0.2, 0) is 13.1 Å². The maximum atomic E-state index is 4.35. The molecule has 0 fully saturated rings. The molecule has 4 heteroatoms. The van der Waals surface area contributed by atoms with Gasteiger partial charge in [0, 0.05) is 30.6 Å². The largest absolute Gasteiger partial charge is 0.312 e. The molecule has 0 bridgehead atoms. The molecule has 0 aliphatic heterocycles. The van der Waals surface area contributed by atoms with Gasteiger partial charge in [0.05, 0.1) is 6.20 Å². The number of aryl methyl sites for hydroxylation is 1. The topological polar surface area (TPSA) is 29.9 Å². The molecule has 0 atom stereocenters. The maximum Gasteiger partial charge on any atom is 0.0534 e. The fourth-order valence-corrected chi connectivity index (χ4v) is 2.03. The summed E-state index contributed by atoms with van der Waals surface area (Å²) in [6.45, 7) is 9.64. The molecule has 0 saturated carbocycles. The molecular weight excluding hydrogens is 218 g/mol. The van der Waals surface area contributed by atoms with Gasteiger partial charge in [0.2, 0.25) is 0 Å². The van der Waals surface area contributed by atoms with E-state index in [1.54, 1.807) is 0 Å². The van der Waals surface area contributed by atoms with Crippen LogP contribution >= 0.6 is 11.8 Å². The van der Waals surface area contributed by atoms with Gasteiger partial charge >= 0.3 is 0 Å². The summed E-state index contributed by atoms with van der Waals surface area (Å²) in [5.74, 6) is 3.04. The Morgan fingerprint density at radius 1 is 1.50 bits per heavy atom. The number of hydrogen-bond acceptors (Lipinski definition) is 3. The summed E-state index contributed by atoms with van der Waals surface area (Å²) >= 11 is 1.96. The van der Waals surface area contributed by atoms with Crippen molar-refractivity contribution in [3.8, 4) is 0 Å². The second-order valence-electron chi connectivity index (χ2n) is 4.33. The highest BCUT2D eigenvalue weighted by Crippen LogP contribution is 2.02. The Kier molecular flexibility index (Phi) is 6.57. The third-order valence-corrected chi connectivity index (χ3v) is 3.12. The Labute approximate surface area is 103 Å². The third kappa shape index (κ3) is 5.56. The highest BCUT2D eigenvalue weighted by Gasteiger charge is 1.99. The molecule has 0 spiro atoms. The lowest BCUT2D eigenvalue weighted by atomic mass is 10.2. The highest BCUT2D eigenvalue weighted by atomic mass is 32.2. The molecule has 1 rings (SSSR count). The molecule has 0 aliphatic rings. The standard InChI is InChI=1S/C12H23N3S/c1-4-16-6-5-15-10-12(9-14-15)8-13-7-11(2)3/h9-11,13H,4-8H2,1-3H3. The average Bonchev–Trinajstić information content (AvgIpc) is 2.66. The molecular formula is C12H23N3S. The lowest BCUT2D eigenvalue weighted by Crippen LogP contribution is -2.18. The molecule has 1 aromatic rings. The van der Waals surface area contributed by atoms with Crippen molar-refractivity contribution in [2.75, 3.05) is 18.1 Å². The van der Waals surface area contributed by atoms with Crippen molar-refractivity contribution in [2.24, 2.45) is 5.92 Å². The first-order chi connectivity index (χ1) is 7.72. The second-order valence-corrected chi connectivity index (χ2v) is 5.73. The van der Waals surface area contributed by atoms with Crippen LogP contribution in [0.1, 0.15) is 26.3 Å². The number of hydrogen-bond donors (Lipinski definition) is 1. The number of nitrogens with zero attached hydrogens (tertiary/aromatic N) is 2. The van der Waals surface area contributed by atoms with E-state index >= 15 is 0 Å². The second kappa shape index (κ2) is 7.74. The van der Waals surface area contributed by atoms with Gasteiger partial charge in [0.1, 0.15) is 0 Å². The third-order valence-electron chi connectivity index (χ3n) is 2.24. The van der Waals surface area contributed by atoms with Crippen molar-refractivity contribution in [3.63, 3.8) is 0 Å². The van der Waals surface area contributed by atoms with E-state index in [1.165, 1.54) is 11.3 Å². The van der Waals surface area contributed by atoms with E-state index < -0.39 is 0 Å². The summed E-state index contributed by atoms with van der Waals surface area (Å²) in [4.78, 5) is 0. The van der Waals surface area contributed by atoms with Crippen LogP contribution in [0, 0.1) is 5.92 Å². The summed E-state index contributed by atoms with van der Waals surface area (Å²) < 4.78 is 2.04. The van der Waals surface area contributed by atoms with Gasteiger partial charge in [0.15, 0.2) is 0 Å². The van der Waals surface area contributed by atoms with Crippen LogP contribution in [-0.4, -0.2) is 27.8 Å². The minimum atomic E-state index is 0.705. The predicted octanol–water partition coefficient (Wildman–Crippen LogP) is 2.38. The van der Waals surface area contributed by atoms with Crippen molar-refractivity contribution in [1.29, 1.82) is 0 Å². The molecule has 92 valence electrons.